The van der Waals surface area contributed by atoms with Crippen LogP contribution in [0, 0.1) is 0 Å². The van der Waals surface area contributed by atoms with Crippen molar-refractivity contribution >= 4 is 23.4 Å². The van der Waals surface area contributed by atoms with E-state index in [4.69, 9.17) is 17.3 Å². The molecule has 0 unspecified atom stereocenters. The van der Waals surface area contributed by atoms with E-state index in [0.717, 1.165) is 29.8 Å². The zero-order valence-corrected chi connectivity index (χ0v) is 10.2. The first kappa shape index (κ1) is 11.1. The lowest BCUT2D eigenvalue weighted by Gasteiger charge is -2.00. The molecule has 5 nitrogen and oxygen atoms in total. The number of nitrogens with zero attached hydrogens (tertiary/aromatic N) is 2. The molecule has 0 spiro atoms. The maximum absolute atomic E-state index is 11.3. The quantitative estimate of drug-likeness (QED) is 0.827. The summed E-state index contributed by atoms with van der Waals surface area (Å²) in [6.45, 7) is 0.793. The van der Waals surface area contributed by atoms with Gasteiger partial charge in [-0.1, -0.05) is 23.7 Å². The van der Waals surface area contributed by atoms with Crippen molar-refractivity contribution in [1.82, 2.24) is 9.78 Å². The van der Waals surface area contributed by atoms with Gasteiger partial charge < -0.3 is 11.1 Å². The zero-order chi connectivity index (χ0) is 12.7. The molecule has 3 rings (SSSR count). The number of nitrogens with two attached hydrogens (primary N) is 1. The van der Waals surface area contributed by atoms with Gasteiger partial charge in [-0.15, -0.1) is 0 Å². The highest BCUT2D eigenvalue weighted by Crippen LogP contribution is 2.32. The summed E-state index contributed by atoms with van der Waals surface area (Å²) in [5, 5.41) is 8.06. The molecule has 1 aliphatic heterocycles. The van der Waals surface area contributed by atoms with Crippen LogP contribution in [0.4, 0.5) is 10.6 Å². The minimum Gasteiger partial charge on any atom is -0.369 e. The first-order chi connectivity index (χ1) is 8.66. The van der Waals surface area contributed by atoms with Crippen molar-refractivity contribution < 1.29 is 4.79 Å². The van der Waals surface area contributed by atoms with Gasteiger partial charge in [-0.25, -0.2) is 4.79 Å². The van der Waals surface area contributed by atoms with Crippen LogP contribution in [-0.2, 0) is 6.42 Å². The predicted octanol–water partition coefficient (Wildman–Crippen LogP) is 2.10. The fourth-order valence-electron chi connectivity index (χ4n) is 2.17. The molecule has 1 amide bonds. The molecular formula is C12H11ClN4O. The number of primary amides is 1. The van der Waals surface area contributed by atoms with Crippen molar-refractivity contribution in [2.45, 2.75) is 6.42 Å². The molecule has 6 heteroatoms. The fraction of sp³-hybridized carbons (Fsp3) is 0.167. The summed E-state index contributed by atoms with van der Waals surface area (Å²) in [6.07, 6.45) is 0.834. The number of rotatable bonds is 1. The van der Waals surface area contributed by atoms with Crippen LogP contribution in [0.15, 0.2) is 24.3 Å². The van der Waals surface area contributed by atoms with Gasteiger partial charge in [-0.3, -0.25) is 0 Å². The SMILES string of the molecule is NC(=O)n1nc(-c2ccc(Cl)cc2)c2c1NCC2. The lowest BCUT2D eigenvalue weighted by Crippen LogP contribution is -2.22. The number of hydrogen-bond donors (Lipinski definition) is 2. The van der Waals surface area contributed by atoms with E-state index in [1.807, 2.05) is 12.1 Å². The average molecular weight is 263 g/mol. The molecule has 0 saturated heterocycles. The molecule has 1 aromatic heterocycles. The smallest absolute Gasteiger partial charge is 0.341 e. The second kappa shape index (κ2) is 4.03. The van der Waals surface area contributed by atoms with Crippen molar-refractivity contribution in [3.8, 4) is 11.3 Å². The summed E-state index contributed by atoms with van der Waals surface area (Å²) in [4.78, 5) is 11.3. The van der Waals surface area contributed by atoms with Crippen LogP contribution >= 0.6 is 11.6 Å². The summed E-state index contributed by atoms with van der Waals surface area (Å²) in [7, 11) is 0. The fourth-order valence-corrected chi connectivity index (χ4v) is 2.30. The minimum absolute atomic E-state index is 0.583. The number of carbonyl (C=O) groups is 1. The van der Waals surface area contributed by atoms with E-state index in [9.17, 15) is 4.79 Å². The van der Waals surface area contributed by atoms with E-state index >= 15 is 0 Å². The molecule has 0 aliphatic carbocycles. The lowest BCUT2D eigenvalue weighted by molar-refractivity contribution is 0.248. The van der Waals surface area contributed by atoms with Gasteiger partial charge >= 0.3 is 6.03 Å². The van der Waals surface area contributed by atoms with Crippen molar-refractivity contribution in [2.24, 2.45) is 5.73 Å². The Kier molecular flexibility index (Phi) is 2.48. The molecule has 0 atom stereocenters. The van der Waals surface area contributed by atoms with Gasteiger partial charge in [0.05, 0.1) is 5.69 Å². The third-order valence-corrected chi connectivity index (χ3v) is 3.23. The number of benzene rings is 1. The Balaban J connectivity index is 2.15. The van der Waals surface area contributed by atoms with E-state index in [1.54, 1.807) is 12.1 Å². The maximum atomic E-state index is 11.3. The van der Waals surface area contributed by atoms with Gasteiger partial charge in [-0.2, -0.15) is 9.78 Å². The topological polar surface area (TPSA) is 72.9 Å². The number of amides is 1. The van der Waals surface area contributed by atoms with E-state index < -0.39 is 6.03 Å². The Morgan fingerprint density at radius 2 is 2.11 bits per heavy atom. The van der Waals surface area contributed by atoms with Gasteiger partial charge in [0.1, 0.15) is 5.82 Å². The number of fused-ring (bicyclic) bond motifs is 1. The Morgan fingerprint density at radius 3 is 2.78 bits per heavy atom. The van der Waals surface area contributed by atoms with Crippen molar-refractivity contribution in [2.75, 3.05) is 11.9 Å². The second-order valence-electron chi connectivity index (χ2n) is 4.11. The average Bonchev–Trinajstić information content (AvgIpc) is 2.91. The normalized spacial score (nSPS) is 13.2. The molecule has 2 heterocycles. The summed E-state index contributed by atoms with van der Waals surface area (Å²) in [6, 6.07) is 6.79. The van der Waals surface area contributed by atoms with Crippen LogP contribution in [0.1, 0.15) is 5.56 Å². The van der Waals surface area contributed by atoms with Crippen LogP contribution in [0.25, 0.3) is 11.3 Å². The van der Waals surface area contributed by atoms with Gasteiger partial charge in [-0.05, 0) is 18.6 Å². The monoisotopic (exact) mass is 262 g/mol. The first-order valence-corrected chi connectivity index (χ1v) is 5.96. The molecular weight excluding hydrogens is 252 g/mol. The summed E-state index contributed by atoms with van der Waals surface area (Å²) in [5.74, 6) is 0.701. The van der Waals surface area contributed by atoms with E-state index in [1.165, 1.54) is 4.68 Å². The predicted molar refractivity (Wildman–Crippen MR) is 69.8 cm³/mol. The van der Waals surface area contributed by atoms with Crippen LogP contribution in [0.3, 0.4) is 0 Å². The number of halogens is 1. The Labute approximate surface area is 109 Å². The van der Waals surface area contributed by atoms with Gasteiger partial charge in [0.2, 0.25) is 0 Å². The number of nitrogens with one attached hydrogen (secondary N) is 1. The van der Waals surface area contributed by atoms with Crippen LogP contribution in [0.5, 0.6) is 0 Å². The third kappa shape index (κ3) is 1.64. The van der Waals surface area contributed by atoms with Crippen LogP contribution in [-0.4, -0.2) is 22.4 Å². The van der Waals surface area contributed by atoms with Crippen LogP contribution < -0.4 is 11.1 Å². The molecule has 92 valence electrons. The Bertz CT molecular complexity index is 618. The highest BCUT2D eigenvalue weighted by Gasteiger charge is 2.24. The van der Waals surface area contributed by atoms with Crippen molar-refractivity contribution in [3.63, 3.8) is 0 Å². The summed E-state index contributed by atoms with van der Waals surface area (Å²) >= 11 is 5.86. The van der Waals surface area contributed by atoms with Crippen LogP contribution in [0.2, 0.25) is 5.02 Å². The second-order valence-corrected chi connectivity index (χ2v) is 4.55. The Hall–Kier alpha value is -2.01. The van der Waals surface area contributed by atoms with E-state index in [-0.39, 0.29) is 0 Å². The van der Waals surface area contributed by atoms with E-state index in [0.29, 0.717) is 10.8 Å². The number of carbonyl (C=O) groups excluding carboxylic acids is 1. The highest BCUT2D eigenvalue weighted by molar-refractivity contribution is 6.30. The van der Waals surface area contributed by atoms with Crippen molar-refractivity contribution in [3.05, 3.63) is 34.9 Å². The number of aromatic nitrogens is 2. The zero-order valence-electron chi connectivity index (χ0n) is 9.48. The molecule has 18 heavy (non-hydrogen) atoms. The molecule has 1 aliphatic rings. The molecule has 0 saturated carbocycles. The lowest BCUT2D eigenvalue weighted by atomic mass is 10.1. The van der Waals surface area contributed by atoms with Crippen molar-refractivity contribution in [1.29, 1.82) is 0 Å². The standard InChI is InChI=1S/C12H11ClN4O/c13-8-3-1-7(2-4-8)10-9-5-6-15-11(9)17(16-10)12(14)18/h1-4,15H,5-6H2,(H2,14,18). The minimum atomic E-state index is -0.583. The summed E-state index contributed by atoms with van der Waals surface area (Å²) < 4.78 is 1.21. The first-order valence-electron chi connectivity index (χ1n) is 5.58. The van der Waals surface area contributed by atoms with Gasteiger partial charge in [0.15, 0.2) is 0 Å². The van der Waals surface area contributed by atoms with E-state index in [2.05, 4.69) is 10.4 Å². The Morgan fingerprint density at radius 1 is 1.39 bits per heavy atom. The highest BCUT2D eigenvalue weighted by atomic mass is 35.5. The largest absolute Gasteiger partial charge is 0.369 e. The van der Waals surface area contributed by atoms with Gasteiger partial charge in [0.25, 0.3) is 0 Å². The van der Waals surface area contributed by atoms with Gasteiger partial charge in [0, 0.05) is 22.7 Å². The molecule has 0 radical (unpaired) electrons. The molecule has 2 aromatic rings. The molecule has 1 aromatic carbocycles. The number of anilines is 1. The maximum Gasteiger partial charge on any atom is 0.341 e. The molecule has 3 N–H and O–H groups in total. The molecule has 0 bridgehead atoms. The number of hydrogen-bond acceptors (Lipinski definition) is 3. The molecule has 0 fully saturated rings. The summed E-state index contributed by atoms with van der Waals surface area (Å²) in [5.41, 5.74) is 8.04. The third-order valence-electron chi connectivity index (χ3n) is 2.98.